The second kappa shape index (κ2) is 8.31. The lowest BCUT2D eigenvalue weighted by atomic mass is 10.1. The van der Waals surface area contributed by atoms with E-state index in [1.165, 1.54) is 28.3 Å². The third kappa shape index (κ3) is 4.09. The fourth-order valence-electron chi connectivity index (χ4n) is 3.06. The molecule has 28 heavy (non-hydrogen) atoms. The zero-order chi connectivity index (χ0) is 19.3. The van der Waals surface area contributed by atoms with Gasteiger partial charge in [0.15, 0.2) is 5.16 Å². The number of nitrogens with one attached hydrogen (secondary N) is 2. The van der Waals surface area contributed by atoms with Gasteiger partial charge in [-0.15, -0.1) is 10.2 Å². The summed E-state index contributed by atoms with van der Waals surface area (Å²) in [6.45, 7) is 2.65. The largest absolute Gasteiger partial charge is 0.361 e. The van der Waals surface area contributed by atoms with Crippen molar-refractivity contribution in [2.24, 2.45) is 0 Å². The minimum Gasteiger partial charge on any atom is -0.361 e. The number of H-pyrrole nitrogens is 1. The maximum atomic E-state index is 12.2. The van der Waals surface area contributed by atoms with Gasteiger partial charge in [-0.1, -0.05) is 47.7 Å². The number of hydrogen-bond donors (Lipinski definition) is 2. The Bertz CT molecular complexity index is 1080. The number of nitrogens with zero attached hydrogens (tertiary/aromatic N) is 3. The maximum absolute atomic E-state index is 12.2. The third-order valence-electron chi connectivity index (χ3n) is 4.55. The molecule has 4 aromatic rings. The molecule has 0 fully saturated rings. The molecule has 2 aromatic heterocycles. The fraction of sp³-hybridized carbons (Fsp3) is 0.190. The van der Waals surface area contributed by atoms with Crippen LogP contribution in [0.25, 0.3) is 16.6 Å². The quantitative estimate of drug-likeness (QED) is 0.473. The smallest absolute Gasteiger partial charge is 0.230 e. The molecule has 4 rings (SSSR count). The van der Waals surface area contributed by atoms with E-state index in [0.717, 1.165) is 17.6 Å². The van der Waals surface area contributed by atoms with E-state index in [1.807, 2.05) is 54.1 Å². The summed E-state index contributed by atoms with van der Waals surface area (Å²) in [6, 6.07) is 16.3. The number of aryl methyl sites for hydroxylation is 1. The Hall–Kier alpha value is -3.06. The Kier molecular flexibility index (Phi) is 5.43. The number of aromatic nitrogens is 4. The van der Waals surface area contributed by atoms with Crippen LogP contribution in [0.4, 0.5) is 0 Å². The number of aromatic amines is 1. The van der Waals surface area contributed by atoms with Crippen LogP contribution in [0.1, 0.15) is 11.1 Å². The van der Waals surface area contributed by atoms with Crippen molar-refractivity contribution in [2.75, 3.05) is 12.3 Å². The second-order valence-electron chi connectivity index (χ2n) is 6.57. The molecule has 2 aromatic carbocycles. The highest BCUT2D eigenvalue weighted by Crippen LogP contribution is 2.20. The minimum absolute atomic E-state index is 0.0108. The van der Waals surface area contributed by atoms with Gasteiger partial charge in [-0.05, 0) is 37.1 Å². The number of carbonyl (C=O) groups is 1. The molecule has 0 atom stereocenters. The van der Waals surface area contributed by atoms with Gasteiger partial charge in [0, 0.05) is 29.3 Å². The van der Waals surface area contributed by atoms with E-state index in [-0.39, 0.29) is 5.91 Å². The molecule has 0 saturated heterocycles. The first-order valence-corrected chi connectivity index (χ1v) is 10.1. The van der Waals surface area contributed by atoms with Crippen LogP contribution in [-0.2, 0) is 11.2 Å². The van der Waals surface area contributed by atoms with Crippen molar-refractivity contribution in [2.45, 2.75) is 18.5 Å². The number of benzene rings is 2. The molecule has 1 amide bonds. The van der Waals surface area contributed by atoms with Gasteiger partial charge >= 0.3 is 0 Å². The van der Waals surface area contributed by atoms with Gasteiger partial charge in [0.05, 0.1) is 5.75 Å². The Morgan fingerprint density at radius 3 is 2.86 bits per heavy atom. The zero-order valence-electron chi connectivity index (χ0n) is 15.6. The van der Waals surface area contributed by atoms with Crippen molar-refractivity contribution < 1.29 is 4.79 Å². The average molecular weight is 392 g/mol. The van der Waals surface area contributed by atoms with Crippen LogP contribution in [-0.4, -0.2) is 38.0 Å². The van der Waals surface area contributed by atoms with Gasteiger partial charge in [0.25, 0.3) is 0 Å². The number of carbonyl (C=O) groups excluding carboxylic acids is 1. The Labute approximate surface area is 167 Å². The molecule has 2 heterocycles. The molecule has 142 valence electrons. The summed E-state index contributed by atoms with van der Waals surface area (Å²) < 4.78 is 1.89. The summed E-state index contributed by atoms with van der Waals surface area (Å²) in [4.78, 5) is 15.5. The number of fused-ring (bicyclic) bond motifs is 1. The molecule has 0 aliphatic heterocycles. The lowest BCUT2D eigenvalue weighted by Gasteiger charge is -2.07. The highest BCUT2D eigenvalue weighted by atomic mass is 32.2. The number of thioether (sulfide) groups is 1. The van der Waals surface area contributed by atoms with Gasteiger partial charge in [-0.25, -0.2) is 0 Å². The predicted molar refractivity (Wildman–Crippen MR) is 112 cm³/mol. The van der Waals surface area contributed by atoms with E-state index in [1.54, 1.807) is 6.33 Å². The van der Waals surface area contributed by atoms with Crippen LogP contribution >= 0.6 is 11.8 Å². The molecule has 6 nitrogen and oxygen atoms in total. The molecule has 0 aliphatic carbocycles. The molecule has 0 spiro atoms. The average Bonchev–Trinajstić information content (AvgIpc) is 3.34. The van der Waals surface area contributed by atoms with Crippen LogP contribution in [0.2, 0.25) is 0 Å². The van der Waals surface area contributed by atoms with E-state index < -0.39 is 0 Å². The Morgan fingerprint density at radius 2 is 2.00 bits per heavy atom. The first kappa shape index (κ1) is 18.3. The highest BCUT2D eigenvalue weighted by Gasteiger charge is 2.10. The van der Waals surface area contributed by atoms with Gasteiger partial charge in [0.1, 0.15) is 6.33 Å². The fourth-order valence-corrected chi connectivity index (χ4v) is 3.82. The Morgan fingerprint density at radius 1 is 1.18 bits per heavy atom. The van der Waals surface area contributed by atoms with E-state index >= 15 is 0 Å². The maximum Gasteiger partial charge on any atom is 0.230 e. The summed E-state index contributed by atoms with van der Waals surface area (Å²) in [7, 11) is 0. The summed E-state index contributed by atoms with van der Waals surface area (Å²) in [5.41, 5.74) is 4.51. The molecule has 0 saturated carbocycles. The minimum atomic E-state index is -0.0108. The first-order chi connectivity index (χ1) is 13.7. The van der Waals surface area contributed by atoms with E-state index in [9.17, 15) is 4.79 Å². The van der Waals surface area contributed by atoms with Gasteiger partial charge in [-0.2, -0.15) is 0 Å². The first-order valence-electron chi connectivity index (χ1n) is 9.12. The predicted octanol–water partition coefficient (Wildman–Crippen LogP) is 3.51. The van der Waals surface area contributed by atoms with Crippen molar-refractivity contribution >= 4 is 28.6 Å². The Balaban J connectivity index is 1.29. The number of rotatable bonds is 7. The van der Waals surface area contributed by atoms with Crippen LogP contribution in [0.5, 0.6) is 0 Å². The van der Waals surface area contributed by atoms with Crippen LogP contribution in [0.3, 0.4) is 0 Å². The molecule has 0 unspecified atom stereocenters. The standard InChI is InChI=1S/C21H21N5OS/c1-15-6-8-17(9-7-15)26-14-24-25-21(26)28-13-20(27)22-11-10-16-12-23-19-5-3-2-4-18(16)19/h2-9,12,14,23H,10-11,13H2,1H3,(H,22,27). The van der Waals surface area contributed by atoms with Gasteiger partial charge < -0.3 is 10.3 Å². The summed E-state index contributed by atoms with van der Waals surface area (Å²) in [6.07, 6.45) is 4.47. The summed E-state index contributed by atoms with van der Waals surface area (Å²) >= 11 is 1.38. The van der Waals surface area contributed by atoms with Crippen molar-refractivity contribution in [3.63, 3.8) is 0 Å². The van der Waals surface area contributed by atoms with Crippen LogP contribution < -0.4 is 5.32 Å². The molecular formula is C21H21N5OS. The highest BCUT2D eigenvalue weighted by molar-refractivity contribution is 7.99. The lowest BCUT2D eigenvalue weighted by molar-refractivity contribution is -0.118. The monoisotopic (exact) mass is 391 g/mol. The van der Waals surface area contributed by atoms with E-state index in [2.05, 4.69) is 32.6 Å². The number of amides is 1. The second-order valence-corrected chi connectivity index (χ2v) is 7.51. The molecule has 2 N–H and O–H groups in total. The van der Waals surface area contributed by atoms with Crippen molar-refractivity contribution in [3.8, 4) is 5.69 Å². The number of hydrogen-bond acceptors (Lipinski definition) is 4. The molecule has 0 bridgehead atoms. The normalized spacial score (nSPS) is 11.0. The van der Waals surface area contributed by atoms with Gasteiger partial charge in [-0.3, -0.25) is 9.36 Å². The SMILES string of the molecule is Cc1ccc(-n2cnnc2SCC(=O)NCCc2c[nH]c3ccccc23)cc1. The van der Waals surface area contributed by atoms with Crippen LogP contribution in [0.15, 0.2) is 66.2 Å². The van der Waals surface area contributed by atoms with Gasteiger partial charge in [0.2, 0.25) is 5.91 Å². The van der Waals surface area contributed by atoms with Crippen LogP contribution in [0, 0.1) is 6.92 Å². The molecule has 0 radical (unpaired) electrons. The zero-order valence-corrected chi connectivity index (χ0v) is 16.4. The van der Waals surface area contributed by atoms with E-state index in [4.69, 9.17) is 0 Å². The van der Waals surface area contributed by atoms with E-state index in [0.29, 0.717) is 17.5 Å². The number of para-hydroxylation sites is 1. The topological polar surface area (TPSA) is 75.6 Å². The van der Waals surface area contributed by atoms with Crippen molar-refractivity contribution in [1.29, 1.82) is 0 Å². The third-order valence-corrected chi connectivity index (χ3v) is 5.50. The molecule has 7 heteroatoms. The van der Waals surface area contributed by atoms with Crippen molar-refractivity contribution in [3.05, 3.63) is 72.2 Å². The lowest BCUT2D eigenvalue weighted by Crippen LogP contribution is -2.27. The summed E-state index contributed by atoms with van der Waals surface area (Å²) in [5.74, 6) is 0.293. The summed E-state index contributed by atoms with van der Waals surface area (Å²) in [5, 5.41) is 13.0. The van der Waals surface area contributed by atoms with Crippen molar-refractivity contribution in [1.82, 2.24) is 25.1 Å². The molecular weight excluding hydrogens is 370 g/mol. The molecule has 0 aliphatic rings.